The predicted octanol–water partition coefficient (Wildman–Crippen LogP) is 3.47. The van der Waals surface area contributed by atoms with Gasteiger partial charge in [-0.3, -0.25) is 0 Å². The number of hydrogen-bond donors (Lipinski definition) is 2. The van der Waals surface area contributed by atoms with Crippen LogP contribution in [0.25, 0.3) is 0 Å². The Hall–Kier alpha value is -0.100. The molecular weight excluding hydrogens is 362 g/mol. The van der Waals surface area contributed by atoms with Crippen LogP contribution < -0.4 is 10.1 Å². The fourth-order valence-electron chi connectivity index (χ4n) is 1.45. The Morgan fingerprint density at radius 2 is 1.94 bits per heavy atom. The average Bonchev–Trinajstić information content (AvgIpc) is 2.29. The summed E-state index contributed by atoms with van der Waals surface area (Å²) in [6.07, 6.45) is 0.286. The summed E-state index contributed by atoms with van der Waals surface area (Å²) in [6, 6.07) is 4.09. The molecule has 0 radical (unpaired) electrons. The molecule has 18 heavy (non-hydrogen) atoms. The zero-order chi connectivity index (χ0) is 13.5. The molecular formula is C13H19Br2NO2. The lowest BCUT2D eigenvalue weighted by molar-refractivity contribution is 0.155. The van der Waals surface area contributed by atoms with Crippen LogP contribution in [0, 0.1) is 0 Å². The van der Waals surface area contributed by atoms with Crippen LogP contribution in [0.4, 0.5) is 0 Å². The maximum Gasteiger partial charge on any atom is 0.147 e. The molecule has 3 nitrogen and oxygen atoms in total. The lowest BCUT2D eigenvalue weighted by atomic mass is 10.2. The van der Waals surface area contributed by atoms with E-state index in [4.69, 9.17) is 4.74 Å². The number of nitrogens with one attached hydrogen (secondary N) is 1. The van der Waals surface area contributed by atoms with Gasteiger partial charge in [0.1, 0.15) is 5.75 Å². The molecule has 1 atom stereocenters. The highest BCUT2D eigenvalue weighted by atomic mass is 79.9. The molecule has 1 rings (SSSR count). The van der Waals surface area contributed by atoms with Crippen LogP contribution in [-0.2, 0) is 6.54 Å². The second-order valence-electron chi connectivity index (χ2n) is 4.16. The van der Waals surface area contributed by atoms with Crippen molar-refractivity contribution in [1.29, 1.82) is 0 Å². The van der Waals surface area contributed by atoms with E-state index in [2.05, 4.69) is 44.1 Å². The first-order valence-electron chi connectivity index (χ1n) is 6.04. The largest absolute Gasteiger partial charge is 0.491 e. The Labute approximate surface area is 125 Å². The summed E-state index contributed by atoms with van der Waals surface area (Å²) in [5.41, 5.74) is 1.19. The number of halogens is 2. The van der Waals surface area contributed by atoms with Gasteiger partial charge in [-0.2, -0.15) is 0 Å². The van der Waals surface area contributed by atoms with Gasteiger partial charge >= 0.3 is 0 Å². The summed E-state index contributed by atoms with van der Waals surface area (Å²) in [6.45, 7) is 6.12. The minimum Gasteiger partial charge on any atom is -0.491 e. The molecule has 0 aliphatic heterocycles. The molecule has 0 saturated carbocycles. The SMILES string of the molecule is CCNCc1cc(Br)c(OCCC(C)O)c(Br)c1. The van der Waals surface area contributed by atoms with E-state index in [1.807, 2.05) is 12.1 Å². The van der Waals surface area contributed by atoms with Crippen molar-refractivity contribution in [2.24, 2.45) is 0 Å². The van der Waals surface area contributed by atoms with E-state index in [1.165, 1.54) is 5.56 Å². The van der Waals surface area contributed by atoms with Crippen LogP contribution in [0.15, 0.2) is 21.1 Å². The van der Waals surface area contributed by atoms with Crippen molar-refractivity contribution >= 4 is 31.9 Å². The maximum atomic E-state index is 9.20. The minimum atomic E-state index is -0.337. The molecule has 0 heterocycles. The summed E-state index contributed by atoms with van der Waals surface area (Å²) >= 11 is 7.02. The summed E-state index contributed by atoms with van der Waals surface area (Å²) in [5.74, 6) is 0.788. The Kier molecular flexibility index (Phi) is 7.22. The topological polar surface area (TPSA) is 41.5 Å². The van der Waals surface area contributed by atoms with E-state index in [1.54, 1.807) is 6.92 Å². The molecule has 2 N–H and O–H groups in total. The Bertz CT molecular complexity index is 360. The molecule has 0 bridgehead atoms. The fraction of sp³-hybridized carbons (Fsp3) is 0.538. The Balaban J connectivity index is 2.68. The van der Waals surface area contributed by atoms with Crippen LogP contribution in [-0.4, -0.2) is 24.4 Å². The number of aliphatic hydroxyl groups excluding tert-OH is 1. The van der Waals surface area contributed by atoms with Crippen molar-refractivity contribution in [2.45, 2.75) is 32.9 Å². The quantitative estimate of drug-likeness (QED) is 0.760. The third-order valence-corrected chi connectivity index (χ3v) is 3.60. The van der Waals surface area contributed by atoms with Crippen molar-refractivity contribution in [3.8, 4) is 5.75 Å². The first-order valence-corrected chi connectivity index (χ1v) is 7.62. The number of aliphatic hydroxyl groups is 1. The van der Waals surface area contributed by atoms with Crippen LogP contribution >= 0.6 is 31.9 Å². The van der Waals surface area contributed by atoms with Gasteiger partial charge in [0.25, 0.3) is 0 Å². The van der Waals surface area contributed by atoms with Gasteiger partial charge in [0, 0.05) is 13.0 Å². The molecule has 0 aromatic heterocycles. The highest BCUT2D eigenvalue weighted by molar-refractivity contribution is 9.11. The third-order valence-electron chi connectivity index (χ3n) is 2.42. The monoisotopic (exact) mass is 379 g/mol. The first kappa shape index (κ1) is 16.0. The van der Waals surface area contributed by atoms with Crippen LogP contribution in [0.1, 0.15) is 25.8 Å². The summed E-state index contributed by atoms with van der Waals surface area (Å²) < 4.78 is 7.52. The molecule has 0 amide bonds. The number of hydrogen-bond acceptors (Lipinski definition) is 3. The van der Waals surface area contributed by atoms with Gasteiger partial charge in [-0.25, -0.2) is 0 Å². The summed E-state index contributed by atoms with van der Waals surface area (Å²) in [4.78, 5) is 0. The fourth-order valence-corrected chi connectivity index (χ4v) is 2.96. The van der Waals surface area contributed by atoms with Gasteiger partial charge in [0.05, 0.1) is 21.7 Å². The molecule has 0 spiro atoms. The minimum absolute atomic E-state index is 0.337. The van der Waals surface area contributed by atoms with E-state index in [0.29, 0.717) is 13.0 Å². The molecule has 1 unspecified atom stereocenters. The number of ether oxygens (including phenoxy) is 1. The van der Waals surface area contributed by atoms with Gasteiger partial charge in [-0.1, -0.05) is 6.92 Å². The molecule has 0 aliphatic carbocycles. The van der Waals surface area contributed by atoms with E-state index in [0.717, 1.165) is 27.8 Å². The Morgan fingerprint density at radius 1 is 1.33 bits per heavy atom. The van der Waals surface area contributed by atoms with E-state index in [9.17, 15) is 5.11 Å². The third kappa shape index (κ3) is 5.26. The normalized spacial score (nSPS) is 12.5. The first-order chi connectivity index (χ1) is 8.54. The molecule has 0 fully saturated rings. The van der Waals surface area contributed by atoms with Gasteiger partial charge < -0.3 is 15.2 Å². The predicted molar refractivity (Wildman–Crippen MR) is 81.0 cm³/mol. The van der Waals surface area contributed by atoms with Crippen LogP contribution in [0.5, 0.6) is 5.75 Å². The average molecular weight is 381 g/mol. The molecule has 102 valence electrons. The molecule has 5 heteroatoms. The zero-order valence-corrected chi connectivity index (χ0v) is 13.8. The van der Waals surface area contributed by atoms with Gasteiger partial charge in [-0.05, 0) is 63.0 Å². The van der Waals surface area contributed by atoms with Crippen LogP contribution in [0.2, 0.25) is 0 Å². The molecule has 1 aromatic rings. The van der Waals surface area contributed by atoms with Gasteiger partial charge in [-0.15, -0.1) is 0 Å². The van der Waals surface area contributed by atoms with Crippen molar-refractivity contribution < 1.29 is 9.84 Å². The van der Waals surface area contributed by atoms with E-state index in [-0.39, 0.29) is 6.10 Å². The lowest BCUT2D eigenvalue weighted by Crippen LogP contribution is -2.12. The molecule has 0 aliphatic rings. The maximum absolute atomic E-state index is 9.20. The zero-order valence-electron chi connectivity index (χ0n) is 10.7. The second kappa shape index (κ2) is 8.15. The highest BCUT2D eigenvalue weighted by Gasteiger charge is 2.09. The van der Waals surface area contributed by atoms with Crippen LogP contribution in [0.3, 0.4) is 0 Å². The second-order valence-corrected chi connectivity index (χ2v) is 5.86. The van der Waals surface area contributed by atoms with Crippen molar-refractivity contribution in [2.75, 3.05) is 13.2 Å². The number of rotatable bonds is 7. The Morgan fingerprint density at radius 3 is 2.44 bits per heavy atom. The van der Waals surface area contributed by atoms with Gasteiger partial charge in [0.2, 0.25) is 0 Å². The smallest absolute Gasteiger partial charge is 0.147 e. The summed E-state index contributed by atoms with van der Waals surface area (Å²) in [7, 11) is 0. The van der Waals surface area contributed by atoms with Crippen molar-refractivity contribution in [3.05, 3.63) is 26.6 Å². The lowest BCUT2D eigenvalue weighted by Gasteiger charge is -2.13. The van der Waals surface area contributed by atoms with Gasteiger partial charge in [0.15, 0.2) is 0 Å². The van der Waals surface area contributed by atoms with E-state index < -0.39 is 0 Å². The highest BCUT2D eigenvalue weighted by Crippen LogP contribution is 2.34. The van der Waals surface area contributed by atoms with Crippen molar-refractivity contribution in [3.63, 3.8) is 0 Å². The molecule has 0 saturated heterocycles. The summed E-state index contributed by atoms with van der Waals surface area (Å²) in [5, 5.41) is 12.5. The molecule has 1 aromatic carbocycles. The van der Waals surface area contributed by atoms with E-state index >= 15 is 0 Å². The van der Waals surface area contributed by atoms with Crippen molar-refractivity contribution in [1.82, 2.24) is 5.32 Å². The standard InChI is InChI=1S/C13H19Br2NO2/c1-3-16-8-10-6-11(14)13(12(15)7-10)18-5-4-9(2)17/h6-7,9,16-17H,3-5,8H2,1-2H3. The number of benzene rings is 1.